The van der Waals surface area contributed by atoms with Gasteiger partial charge >= 0.3 is 0 Å². The molecule has 17 heavy (non-hydrogen) atoms. The Hall–Kier alpha value is -0.650. The van der Waals surface area contributed by atoms with E-state index in [1.807, 2.05) is 7.05 Å². The van der Waals surface area contributed by atoms with Gasteiger partial charge in [0.05, 0.1) is 6.10 Å². The molecule has 1 atom stereocenters. The maximum atomic E-state index is 11.8. The SMILES string of the molecule is COC1CCN(CCC(=O)N(C)CCCN)C1. The molecule has 1 heterocycles. The van der Waals surface area contributed by atoms with Crippen LogP contribution in [0.3, 0.4) is 0 Å². The Kier molecular flexibility index (Phi) is 6.47. The first-order chi connectivity index (χ1) is 8.17. The van der Waals surface area contributed by atoms with Crippen LogP contribution in [0.15, 0.2) is 0 Å². The van der Waals surface area contributed by atoms with E-state index in [-0.39, 0.29) is 5.91 Å². The number of likely N-dealkylation sites (tertiary alicyclic amines) is 1. The van der Waals surface area contributed by atoms with E-state index in [0.29, 0.717) is 19.1 Å². The zero-order valence-electron chi connectivity index (χ0n) is 11.0. The summed E-state index contributed by atoms with van der Waals surface area (Å²) in [4.78, 5) is 15.9. The highest BCUT2D eigenvalue weighted by Crippen LogP contribution is 2.12. The van der Waals surface area contributed by atoms with Gasteiger partial charge in [-0.05, 0) is 19.4 Å². The molecule has 0 radical (unpaired) electrons. The Balaban J connectivity index is 2.15. The summed E-state index contributed by atoms with van der Waals surface area (Å²) in [6.45, 7) is 4.23. The van der Waals surface area contributed by atoms with E-state index >= 15 is 0 Å². The molecule has 1 aliphatic heterocycles. The number of nitrogens with zero attached hydrogens (tertiary/aromatic N) is 2. The number of hydrogen-bond donors (Lipinski definition) is 1. The molecule has 0 aromatic carbocycles. The summed E-state index contributed by atoms with van der Waals surface area (Å²) in [5.41, 5.74) is 5.42. The van der Waals surface area contributed by atoms with E-state index < -0.39 is 0 Å². The van der Waals surface area contributed by atoms with Crippen molar-refractivity contribution in [2.24, 2.45) is 5.73 Å². The van der Waals surface area contributed by atoms with Gasteiger partial charge in [0.25, 0.3) is 0 Å². The van der Waals surface area contributed by atoms with Gasteiger partial charge in [0, 0.05) is 46.8 Å². The highest BCUT2D eigenvalue weighted by atomic mass is 16.5. The maximum absolute atomic E-state index is 11.8. The number of carbonyl (C=O) groups excluding carboxylic acids is 1. The standard InChI is InChI=1S/C12H25N3O2/c1-14(7-3-6-13)12(16)5-9-15-8-4-11(10-15)17-2/h11H,3-10,13H2,1-2H3. The van der Waals surface area contributed by atoms with E-state index in [1.165, 1.54) is 0 Å². The minimum atomic E-state index is 0.208. The molecule has 5 nitrogen and oxygen atoms in total. The van der Waals surface area contributed by atoms with Crippen LogP contribution < -0.4 is 5.73 Å². The summed E-state index contributed by atoms with van der Waals surface area (Å²) >= 11 is 0. The van der Waals surface area contributed by atoms with Gasteiger partial charge in [0.2, 0.25) is 5.91 Å². The first-order valence-electron chi connectivity index (χ1n) is 6.36. The summed E-state index contributed by atoms with van der Waals surface area (Å²) in [6, 6.07) is 0. The van der Waals surface area contributed by atoms with Crippen LogP contribution in [0, 0.1) is 0 Å². The molecule has 1 amide bonds. The van der Waals surface area contributed by atoms with Gasteiger partial charge in [-0.2, -0.15) is 0 Å². The fourth-order valence-corrected chi connectivity index (χ4v) is 2.09. The highest BCUT2D eigenvalue weighted by Gasteiger charge is 2.22. The van der Waals surface area contributed by atoms with Crippen molar-refractivity contribution >= 4 is 5.91 Å². The minimum absolute atomic E-state index is 0.208. The summed E-state index contributed by atoms with van der Waals surface area (Å²) in [6.07, 6.45) is 2.89. The van der Waals surface area contributed by atoms with E-state index in [0.717, 1.165) is 39.0 Å². The topological polar surface area (TPSA) is 58.8 Å². The van der Waals surface area contributed by atoms with Crippen molar-refractivity contribution in [2.75, 3.05) is 46.9 Å². The normalized spacial score (nSPS) is 20.8. The highest BCUT2D eigenvalue weighted by molar-refractivity contribution is 5.76. The Bertz CT molecular complexity index is 236. The molecule has 0 aromatic heterocycles. The van der Waals surface area contributed by atoms with Crippen LogP contribution in [-0.2, 0) is 9.53 Å². The van der Waals surface area contributed by atoms with Gasteiger partial charge in [-0.1, -0.05) is 0 Å². The van der Waals surface area contributed by atoms with Crippen LogP contribution in [0.1, 0.15) is 19.3 Å². The number of amides is 1. The number of methoxy groups -OCH3 is 1. The monoisotopic (exact) mass is 243 g/mol. The molecule has 5 heteroatoms. The number of carbonyl (C=O) groups is 1. The van der Waals surface area contributed by atoms with Crippen molar-refractivity contribution in [2.45, 2.75) is 25.4 Å². The predicted octanol–water partition coefficient (Wildman–Crippen LogP) is -0.0956. The molecule has 100 valence electrons. The molecule has 0 bridgehead atoms. The molecular weight excluding hydrogens is 218 g/mol. The fourth-order valence-electron chi connectivity index (χ4n) is 2.09. The summed E-state index contributed by atoms with van der Waals surface area (Å²) < 4.78 is 5.30. The van der Waals surface area contributed by atoms with Gasteiger partial charge in [-0.3, -0.25) is 4.79 Å². The third-order valence-electron chi connectivity index (χ3n) is 3.33. The largest absolute Gasteiger partial charge is 0.380 e. The number of nitrogens with two attached hydrogens (primary N) is 1. The molecule has 1 unspecified atom stereocenters. The Morgan fingerprint density at radius 2 is 2.35 bits per heavy atom. The van der Waals surface area contributed by atoms with Gasteiger partial charge in [0.15, 0.2) is 0 Å². The van der Waals surface area contributed by atoms with Gasteiger partial charge < -0.3 is 20.3 Å². The first kappa shape index (κ1) is 14.4. The third-order valence-corrected chi connectivity index (χ3v) is 3.33. The lowest BCUT2D eigenvalue weighted by Crippen LogP contribution is -2.33. The average molecular weight is 243 g/mol. The number of ether oxygens (including phenoxy) is 1. The second-order valence-corrected chi connectivity index (χ2v) is 4.65. The van der Waals surface area contributed by atoms with Crippen LogP contribution in [-0.4, -0.2) is 68.7 Å². The zero-order chi connectivity index (χ0) is 12.7. The van der Waals surface area contributed by atoms with E-state index in [4.69, 9.17) is 10.5 Å². The van der Waals surface area contributed by atoms with Crippen LogP contribution in [0.4, 0.5) is 0 Å². The van der Waals surface area contributed by atoms with Crippen molar-refractivity contribution in [3.63, 3.8) is 0 Å². The average Bonchev–Trinajstić information content (AvgIpc) is 2.80. The van der Waals surface area contributed by atoms with Crippen molar-refractivity contribution in [1.29, 1.82) is 0 Å². The minimum Gasteiger partial charge on any atom is -0.380 e. The fraction of sp³-hybridized carbons (Fsp3) is 0.917. The van der Waals surface area contributed by atoms with Crippen LogP contribution in [0.5, 0.6) is 0 Å². The molecule has 0 spiro atoms. The van der Waals surface area contributed by atoms with Gasteiger partial charge in [-0.15, -0.1) is 0 Å². The van der Waals surface area contributed by atoms with Crippen LogP contribution in [0.25, 0.3) is 0 Å². The quantitative estimate of drug-likeness (QED) is 0.678. The van der Waals surface area contributed by atoms with Crippen molar-refractivity contribution in [1.82, 2.24) is 9.80 Å². The van der Waals surface area contributed by atoms with Gasteiger partial charge in [-0.25, -0.2) is 0 Å². The Morgan fingerprint density at radius 3 is 2.94 bits per heavy atom. The molecule has 1 fully saturated rings. The molecule has 0 aromatic rings. The zero-order valence-corrected chi connectivity index (χ0v) is 11.0. The third kappa shape index (κ3) is 5.02. The molecule has 0 aliphatic carbocycles. The first-order valence-corrected chi connectivity index (χ1v) is 6.36. The van der Waals surface area contributed by atoms with E-state index in [1.54, 1.807) is 12.0 Å². The molecule has 1 aliphatic rings. The summed E-state index contributed by atoms with van der Waals surface area (Å²) in [7, 11) is 3.60. The van der Waals surface area contributed by atoms with Crippen molar-refractivity contribution in [3.8, 4) is 0 Å². The van der Waals surface area contributed by atoms with Crippen molar-refractivity contribution < 1.29 is 9.53 Å². The van der Waals surface area contributed by atoms with E-state index in [9.17, 15) is 4.79 Å². The van der Waals surface area contributed by atoms with Gasteiger partial charge in [0.1, 0.15) is 0 Å². The lowest BCUT2D eigenvalue weighted by molar-refractivity contribution is -0.130. The summed E-state index contributed by atoms with van der Waals surface area (Å²) in [5.74, 6) is 0.208. The number of hydrogen-bond acceptors (Lipinski definition) is 4. The molecule has 1 rings (SSSR count). The second kappa shape index (κ2) is 7.63. The Labute approximate surface area is 104 Å². The van der Waals surface area contributed by atoms with Crippen LogP contribution in [0.2, 0.25) is 0 Å². The van der Waals surface area contributed by atoms with Crippen molar-refractivity contribution in [3.05, 3.63) is 0 Å². The van der Waals surface area contributed by atoms with Crippen LogP contribution >= 0.6 is 0 Å². The second-order valence-electron chi connectivity index (χ2n) is 4.65. The summed E-state index contributed by atoms with van der Waals surface area (Å²) in [5, 5.41) is 0. The molecule has 1 saturated heterocycles. The van der Waals surface area contributed by atoms with E-state index in [2.05, 4.69) is 4.90 Å². The lowest BCUT2D eigenvalue weighted by atomic mass is 10.3. The smallest absolute Gasteiger partial charge is 0.223 e. The molecule has 0 saturated carbocycles. The molecular formula is C12H25N3O2. The molecule has 2 N–H and O–H groups in total. The Morgan fingerprint density at radius 1 is 1.59 bits per heavy atom. The lowest BCUT2D eigenvalue weighted by Gasteiger charge is -2.19. The predicted molar refractivity (Wildman–Crippen MR) is 67.8 cm³/mol. The maximum Gasteiger partial charge on any atom is 0.223 e. The number of rotatable bonds is 7.